The van der Waals surface area contributed by atoms with Gasteiger partial charge in [0.25, 0.3) is 5.69 Å². The van der Waals surface area contributed by atoms with Gasteiger partial charge in [-0.1, -0.05) is 0 Å². The Morgan fingerprint density at radius 1 is 1.59 bits per heavy atom. The second-order valence-electron chi connectivity index (χ2n) is 3.30. The average molecular weight is 253 g/mol. The second kappa shape index (κ2) is 5.96. The van der Waals surface area contributed by atoms with E-state index in [9.17, 15) is 14.3 Å². The van der Waals surface area contributed by atoms with E-state index in [-0.39, 0.29) is 11.3 Å². The summed E-state index contributed by atoms with van der Waals surface area (Å²) in [4.78, 5) is 9.97. The molecule has 17 heavy (non-hydrogen) atoms. The first kappa shape index (κ1) is 13.1. The summed E-state index contributed by atoms with van der Waals surface area (Å²) in [5.41, 5.74) is 0.607. The smallest absolute Gasteiger partial charge is 0.270 e. The molecule has 1 aromatic rings. The quantitative estimate of drug-likeness (QED) is 0.629. The molecule has 0 heterocycles. The Labute approximate surface area is 101 Å². The van der Waals surface area contributed by atoms with E-state index in [1.807, 2.05) is 6.07 Å². The lowest BCUT2D eigenvalue weighted by molar-refractivity contribution is -0.384. The van der Waals surface area contributed by atoms with Gasteiger partial charge in [0.2, 0.25) is 0 Å². The van der Waals surface area contributed by atoms with E-state index in [1.165, 1.54) is 18.2 Å². The first-order chi connectivity index (χ1) is 8.04. The molecule has 1 atom stereocenters. The highest BCUT2D eigenvalue weighted by molar-refractivity contribution is 7.84. The number of non-ortho nitro benzene ring substituents is 1. The molecule has 7 heteroatoms. The Bertz CT molecular complexity index is 496. The van der Waals surface area contributed by atoms with Crippen molar-refractivity contribution in [3.63, 3.8) is 0 Å². The van der Waals surface area contributed by atoms with Gasteiger partial charge < -0.3 is 5.32 Å². The lowest BCUT2D eigenvalue weighted by Gasteiger charge is -2.06. The second-order valence-corrected chi connectivity index (χ2v) is 4.86. The summed E-state index contributed by atoms with van der Waals surface area (Å²) in [7, 11) is -0.913. The minimum absolute atomic E-state index is 0.119. The van der Waals surface area contributed by atoms with Crippen molar-refractivity contribution in [1.29, 1.82) is 5.26 Å². The van der Waals surface area contributed by atoms with E-state index >= 15 is 0 Å². The Morgan fingerprint density at radius 2 is 2.29 bits per heavy atom. The molecular formula is C10H11N3O3S. The van der Waals surface area contributed by atoms with Crippen LogP contribution in [0.4, 0.5) is 11.4 Å². The zero-order chi connectivity index (χ0) is 12.8. The maximum Gasteiger partial charge on any atom is 0.270 e. The van der Waals surface area contributed by atoms with Gasteiger partial charge in [0.15, 0.2) is 0 Å². The number of anilines is 1. The van der Waals surface area contributed by atoms with E-state index in [4.69, 9.17) is 5.26 Å². The molecule has 0 aliphatic carbocycles. The fourth-order valence-corrected chi connectivity index (χ4v) is 1.61. The van der Waals surface area contributed by atoms with Crippen LogP contribution in [-0.2, 0) is 10.8 Å². The van der Waals surface area contributed by atoms with Crippen molar-refractivity contribution in [1.82, 2.24) is 0 Å². The van der Waals surface area contributed by atoms with Crippen LogP contribution in [0.1, 0.15) is 5.56 Å². The molecule has 90 valence electrons. The van der Waals surface area contributed by atoms with Crippen LogP contribution in [0.5, 0.6) is 0 Å². The maximum atomic E-state index is 10.8. The number of hydrogen-bond acceptors (Lipinski definition) is 5. The Hall–Kier alpha value is -1.94. The van der Waals surface area contributed by atoms with Gasteiger partial charge in [-0.05, 0) is 6.07 Å². The van der Waals surface area contributed by atoms with Crippen molar-refractivity contribution in [2.45, 2.75) is 0 Å². The predicted molar refractivity (Wildman–Crippen MR) is 65.2 cm³/mol. The van der Waals surface area contributed by atoms with Gasteiger partial charge in [-0.25, -0.2) is 0 Å². The molecule has 0 spiro atoms. The molecule has 0 bridgehead atoms. The van der Waals surface area contributed by atoms with Crippen LogP contribution in [0, 0.1) is 21.4 Å². The van der Waals surface area contributed by atoms with Crippen LogP contribution in [-0.4, -0.2) is 27.7 Å². The summed E-state index contributed by atoms with van der Waals surface area (Å²) in [6.07, 6.45) is 1.59. The Morgan fingerprint density at radius 3 is 2.82 bits per heavy atom. The topological polar surface area (TPSA) is 96.0 Å². The van der Waals surface area contributed by atoms with Gasteiger partial charge >= 0.3 is 0 Å². The maximum absolute atomic E-state index is 10.8. The van der Waals surface area contributed by atoms with E-state index < -0.39 is 15.7 Å². The Balaban J connectivity index is 2.83. The van der Waals surface area contributed by atoms with Crippen molar-refractivity contribution in [3.8, 4) is 6.07 Å². The molecule has 1 N–H and O–H groups in total. The van der Waals surface area contributed by atoms with Gasteiger partial charge in [-0.15, -0.1) is 0 Å². The third-order valence-corrected chi connectivity index (χ3v) is 2.82. The lowest BCUT2D eigenvalue weighted by Crippen LogP contribution is -2.10. The zero-order valence-corrected chi connectivity index (χ0v) is 9.99. The third kappa shape index (κ3) is 3.85. The van der Waals surface area contributed by atoms with Crippen LogP contribution < -0.4 is 5.32 Å². The van der Waals surface area contributed by atoms with E-state index in [0.717, 1.165) is 0 Å². The third-order valence-electron chi connectivity index (χ3n) is 2.04. The van der Waals surface area contributed by atoms with Gasteiger partial charge in [0.1, 0.15) is 6.07 Å². The van der Waals surface area contributed by atoms with Crippen LogP contribution in [0.3, 0.4) is 0 Å². The number of nitro groups is 1. The van der Waals surface area contributed by atoms with Gasteiger partial charge in [-0.3, -0.25) is 14.3 Å². The molecule has 0 aliphatic rings. The molecule has 0 amide bonds. The zero-order valence-electron chi connectivity index (χ0n) is 9.17. The van der Waals surface area contributed by atoms with Crippen molar-refractivity contribution < 1.29 is 9.13 Å². The predicted octanol–water partition coefficient (Wildman–Crippen LogP) is 1.26. The van der Waals surface area contributed by atoms with Crippen molar-refractivity contribution in [2.24, 2.45) is 0 Å². The molecule has 0 fully saturated rings. The number of nitriles is 1. The molecule has 0 radical (unpaired) electrons. The van der Waals surface area contributed by atoms with Gasteiger partial charge in [0.05, 0.1) is 16.2 Å². The minimum atomic E-state index is -0.913. The molecular weight excluding hydrogens is 242 g/mol. The van der Waals surface area contributed by atoms with E-state index in [1.54, 1.807) is 6.26 Å². The van der Waals surface area contributed by atoms with Gasteiger partial charge in [-0.2, -0.15) is 5.26 Å². The van der Waals surface area contributed by atoms with Crippen LogP contribution in [0.2, 0.25) is 0 Å². The van der Waals surface area contributed by atoms with Crippen molar-refractivity contribution in [2.75, 3.05) is 23.9 Å². The number of nitro benzene ring substituents is 1. The number of hydrogen-bond donors (Lipinski definition) is 1. The molecule has 6 nitrogen and oxygen atoms in total. The summed E-state index contributed by atoms with van der Waals surface area (Å²) < 4.78 is 10.8. The fourth-order valence-electron chi connectivity index (χ4n) is 1.22. The lowest BCUT2D eigenvalue weighted by atomic mass is 10.1. The number of rotatable bonds is 5. The number of nitrogens with zero attached hydrogens (tertiary/aromatic N) is 2. The van der Waals surface area contributed by atoms with E-state index in [0.29, 0.717) is 18.0 Å². The normalized spacial score (nSPS) is 11.5. The standard InChI is InChI=1S/C10H11N3O3S/c1-17(16)5-4-12-10-3-2-9(13(14)15)6-8(10)7-11/h2-3,6,12H,4-5H2,1H3. The minimum Gasteiger partial charge on any atom is -0.383 e. The largest absolute Gasteiger partial charge is 0.383 e. The molecule has 1 aromatic carbocycles. The summed E-state index contributed by atoms with van der Waals surface area (Å²) in [6.45, 7) is 0.454. The Kier molecular flexibility index (Phi) is 4.60. The fraction of sp³-hybridized carbons (Fsp3) is 0.300. The molecule has 1 unspecified atom stereocenters. The monoisotopic (exact) mass is 253 g/mol. The van der Waals surface area contributed by atoms with E-state index in [2.05, 4.69) is 5.32 Å². The van der Waals surface area contributed by atoms with Crippen LogP contribution in [0.15, 0.2) is 18.2 Å². The molecule has 0 aliphatic heterocycles. The molecule has 0 saturated carbocycles. The molecule has 0 aromatic heterocycles. The highest BCUT2D eigenvalue weighted by Crippen LogP contribution is 2.21. The summed E-state index contributed by atoms with van der Waals surface area (Å²) in [5, 5.41) is 22.3. The van der Waals surface area contributed by atoms with Gasteiger partial charge in [0, 0.05) is 41.5 Å². The van der Waals surface area contributed by atoms with Crippen LogP contribution in [0.25, 0.3) is 0 Å². The SMILES string of the molecule is CS(=O)CCNc1ccc([N+](=O)[O-])cc1C#N. The number of nitrogens with one attached hydrogen (secondary N) is 1. The number of benzene rings is 1. The molecule has 0 saturated heterocycles. The van der Waals surface area contributed by atoms with Crippen molar-refractivity contribution in [3.05, 3.63) is 33.9 Å². The summed E-state index contributed by atoms with van der Waals surface area (Å²) >= 11 is 0. The molecule has 1 rings (SSSR count). The highest BCUT2D eigenvalue weighted by Gasteiger charge is 2.10. The first-order valence-corrected chi connectivity index (χ1v) is 6.49. The summed E-state index contributed by atoms with van der Waals surface area (Å²) in [6, 6.07) is 5.91. The first-order valence-electron chi connectivity index (χ1n) is 4.77. The van der Waals surface area contributed by atoms with Crippen LogP contribution >= 0.6 is 0 Å². The highest BCUT2D eigenvalue weighted by atomic mass is 32.2. The average Bonchev–Trinajstić information content (AvgIpc) is 2.28. The van der Waals surface area contributed by atoms with Crippen molar-refractivity contribution >= 4 is 22.2 Å². The summed E-state index contributed by atoms with van der Waals surface area (Å²) in [5.74, 6) is 0.460.